The van der Waals surface area contributed by atoms with Crippen molar-refractivity contribution >= 4 is 23.1 Å². The van der Waals surface area contributed by atoms with Crippen LogP contribution in [0.15, 0.2) is 24.3 Å². The maximum atomic E-state index is 5.65. The Kier molecular flexibility index (Phi) is 3.18. The van der Waals surface area contributed by atoms with Crippen LogP contribution in [0.1, 0.15) is 10.6 Å². The normalized spacial score (nSPS) is 10.3. The fourth-order valence-corrected chi connectivity index (χ4v) is 2.10. The zero-order valence-corrected chi connectivity index (χ0v) is 9.68. The van der Waals surface area contributed by atoms with Crippen LogP contribution in [-0.2, 0) is 6.42 Å². The third-order valence-electron chi connectivity index (χ3n) is 1.93. The van der Waals surface area contributed by atoms with Gasteiger partial charge in [-0.2, -0.15) is 4.37 Å². The number of benzene rings is 1. The van der Waals surface area contributed by atoms with Crippen molar-refractivity contribution in [2.45, 2.75) is 6.42 Å². The maximum absolute atomic E-state index is 5.65. The number of hydrogen-bond donors (Lipinski definition) is 0. The summed E-state index contributed by atoms with van der Waals surface area (Å²) in [6, 6.07) is 7.88. The van der Waals surface area contributed by atoms with Gasteiger partial charge in [-0.3, -0.25) is 0 Å². The molecular formula is C10H9ClN2OS. The SMILES string of the molecule is COc1cccc(Cc2nc(Cl)ns2)c1. The number of halogens is 1. The van der Waals surface area contributed by atoms with Gasteiger partial charge in [0, 0.05) is 6.42 Å². The van der Waals surface area contributed by atoms with Gasteiger partial charge < -0.3 is 4.74 Å². The summed E-state index contributed by atoms with van der Waals surface area (Å²) in [5.41, 5.74) is 1.14. The third kappa shape index (κ3) is 2.67. The van der Waals surface area contributed by atoms with Crippen LogP contribution in [0, 0.1) is 0 Å². The lowest BCUT2D eigenvalue weighted by atomic mass is 10.1. The summed E-state index contributed by atoms with van der Waals surface area (Å²) in [6.07, 6.45) is 0.738. The smallest absolute Gasteiger partial charge is 0.234 e. The van der Waals surface area contributed by atoms with Crippen LogP contribution in [0.2, 0.25) is 5.28 Å². The van der Waals surface area contributed by atoms with E-state index in [1.807, 2.05) is 24.3 Å². The Morgan fingerprint density at radius 1 is 1.47 bits per heavy atom. The highest BCUT2D eigenvalue weighted by atomic mass is 35.5. The summed E-state index contributed by atoms with van der Waals surface area (Å²) in [7, 11) is 1.65. The molecule has 0 fully saturated rings. The highest BCUT2D eigenvalue weighted by Crippen LogP contribution is 2.18. The van der Waals surface area contributed by atoms with Gasteiger partial charge in [-0.25, -0.2) is 4.98 Å². The number of ether oxygens (including phenoxy) is 1. The van der Waals surface area contributed by atoms with Crippen molar-refractivity contribution in [1.82, 2.24) is 9.36 Å². The standard InChI is InChI=1S/C10H9ClN2OS/c1-14-8-4-2-3-7(5-8)6-9-12-10(11)13-15-9/h2-5H,6H2,1H3. The van der Waals surface area contributed by atoms with Gasteiger partial charge in [0.15, 0.2) is 0 Å². The molecule has 1 aromatic carbocycles. The number of nitrogens with zero attached hydrogens (tertiary/aromatic N) is 2. The zero-order valence-electron chi connectivity index (χ0n) is 8.11. The van der Waals surface area contributed by atoms with Crippen molar-refractivity contribution < 1.29 is 4.74 Å². The van der Waals surface area contributed by atoms with E-state index in [9.17, 15) is 0 Å². The van der Waals surface area contributed by atoms with Crippen molar-refractivity contribution in [3.63, 3.8) is 0 Å². The number of rotatable bonds is 3. The number of hydrogen-bond acceptors (Lipinski definition) is 4. The molecule has 1 aromatic heterocycles. The molecule has 5 heteroatoms. The molecule has 0 bridgehead atoms. The first-order valence-corrected chi connectivity index (χ1v) is 5.54. The molecule has 0 saturated heterocycles. The molecule has 0 saturated carbocycles. The minimum atomic E-state index is 0.317. The van der Waals surface area contributed by atoms with Crippen LogP contribution in [0.4, 0.5) is 0 Å². The molecule has 0 aliphatic rings. The Bertz CT molecular complexity index is 458. The fourth-order valence-electron chi connectivity index (χ4n) is 1.26. The Balaban J connectivity index is 2.16. The topological polar surface area (TPSA) is 35.0 Å². The first kappa shape index (κ1) is 10.4. The second-order valence-electron chi connectivity index (χ2n) is 2.99. The molecule has 1 heterocycles. The average molecular weight is 241 g/mol. The van der Waals surface area contributed by atoms with Gasteiger partial charge in [-0.1, -0.05) is 12.1 Å². The average Bonchev–Trinajstić information content (AvgIpc) is 2.64. The van der Waals surface area contributed by atoms with Crippen molar-refractivity contribution in [3.05, 3.63) is 40.1 Å². The Labute approximate surface area is 96.9 Å². The molecule has 15 heavy (non-hydrogen) atoms. The Morgan fingerprint density at radius 3 is 3.00 bits per heavy atom. The molecule has 0 N–H and O–H groups in total. The van der Waals surface area contributed by atoms with Crippen LogP contribution in [-0.4, -0.2) is 16.5 Å². The van der Waals surface area contributed by atoms with Crippen molar-refractivity contribution in [1.29, 1.82) is 0 Å². The van der Waals surface area contributed by atoms with Gasteiger partial charge in [0.05, 0.1) is 7.11 Å². The summed E-state index contributed by atoms with van der Waals surface area (Å²) in [4.78, 5) is 4.09. The second kappa shape index (κ2) is 4.59. The van der Waals surface area contributed by atoms with Crippen molar-refractivity contribution in [3.8, 4) is 5.75 Å². The van der Waals surface area contributed by atoms with E-state index in [1.54, 1.807) is 7.11 Å². The zero-order chi connectivity index (χ0) is 10.7. The second-order valence-corrected chi connectivity index (χ2v) is 4.16. The van der Waals surface area contributed by atoms with Crippen LogP contribution in [0.25, 0.3) is 0 Å². The minimum absolute atomic E-state index is 0.317. The van der Waals surface area contributed by atoms with Crippen LogP contribution in [0.5, 0.6) is 5.75 Å². The first-order chi connectivity index (χ1) is 7.28. The highest BCUT2D eigenvalue weighted by Gasteiger charge is 2.03. The van der Waals surface area contributed by atoms with Gasteiger partial charge in [0.25, 0.3) is 0 Å². The van der Waals surface area contributed by atoms with E-state index in [-0.39, 0.29) is 0 Å². The summed E-state index contributed by atoms with van der Waals surface area (Å²) in [6.45, 7) is 0. The van der Waals surface area contributed by atoms with E-state index in [0.29, 0.717) is 5.28 Å². The summed E-state index contributed by atoms with van der Waals surface area (Å²) < 4.78 is 9.06. The van der Waals surface area contributed by atoms with Gasteiger partial charge >= 0.3 is 0 Å². The molecule has 78 valence electrons. The van der Waals surface area contributed by atoms with Gasteiger partial charge in [-0.15, -0.1) is 0 Å². The lowest BCUT2D eigenvalue weighted by Gasteiger charge is -2.01. The van der Waals surface area contributed by atoms with E-state index in [0.717, 1.165) is 22.7 Å². The van der Waals surface area contributed by atoms with Gasteiger partial charge in [0.2, 0.25) is 5.28 Å². The lowest BCUT2D eigenvalue weighted by Crippen LogP contribution is -1.89. The highest BCUT2D eigenvalue weighted by molar-refractivity contribution is 7.05. The molecule has 0 radical (unpaired) electrons. The molecule has 0 spiro atoms. The molecular weight excluding hydrogens is 232 g/mol. The van der Waals surface area contributed by atoms with Crippen LogP contribution < -0.4 is 4.74 Å². The molecule has 0 amide bonds. The van der Waals surface area contributed by atoms with Crippen molar-refractivity contribution in [2.24, 2.45) is 0 Å². The minimum Gasteiger partial charge on any atom is -0.497 e. The maximum Gasteiger partial charge on any atom is 0.234 e. The summed E-state index contributed by atoms with van der Waals surface area (Å²) in [5, 5.41) is 1.23. The predicted octanol–water partition coefficient (Wildman–Crippen LogP) is 2.79. The first-order valence-electron chi connectivity index (χ1n) is 4.39. The Morgan fingerprint density at radius 2 is 2.33 bits per heavy atom. The van der Waals surface area contributed by atoms with Crippen molar-refractivity contribution in [2.75, 3.05) is 7.11 Å². The fraction of sp³-hybridized carbons (Fsp3) is 0.200. The number of aromatic nitrogens is 2. The van der Waals surface area contributed by atoms with Crippen LogP contribution in [0.3, 0.4) is 0 Å². The molecule has 0 unspecified atom stereocenters. The number of methoxy groups -OCH3 is 1. The predicted molar refractivity (Wildman–Crippen MR) is 60.7 cm³/mol. The molecule has 0 atom stereocenters. The van der Waals surface area contributed by atoms with E-state index in [2.05, 4.69) is 9.36 Å². The molecule has 2 rings (SSSR count). The summed E-state index contributed by atoms with van der Waals surface area (Å²) >= 11 is 6.97. The third-order valence-corrected chi connectivity index (χ3v) is 2.91. The molecule has 0 aliphatic heterocycles. The van der Waals surface area contributed by atoms with Gasteiger partial charge in [-0.05, 0) is 40.8 Å². The largest absolute Gasteiger partial charge is 0.497 e. The van der Waals surface area contributed by atoms with E-state index < -0.39 is 0 Å². The quantitative estimate of drug-likeness (QED) is 0.828. The molecule has 3 nitrogen and oxygen atoms in total. The van der Waals surface area contributed by atoms with E-state index >= 15 is 0 Å². The monoisotopic (exact) mass is 240 g/mol. The van der Waals surface area contributed by atoms with Crippen LogP contribution >= 0.6 is 23.1 Å². The lowest BCUT2D eigenvalue weighted by molar-refractivity contribution is 0.414. The molecule has 0 aliphatic carbocycles. The van der Waals surface area contributed by atoms with Gasteiger partial charge in [0.1, 0.15) is 10.8 Å². The van der Waals surface area contributed by atoms with E-state index in [4.69, 9.17) is 16.3 Å². The Hall–Kier alpha value is -1.13. The summed E-state index contributed by atoms with van der Waals surface area (Å²) in [5.74, 6) is 0.850. The van der Waals surface area contributed by atoms with E-state index in [1.165, 1.54) is 11.5 Å². The molecule has 2 aromatic rings.